The molecule has 1 aromatic carbocycles. The van der Waals surface area contributed by atoms with E-state index in [1.807, 2.05) is 24.8 Å². The molecular formula is C14H20FNO2. The van der Waals surface area contributed by atoms with Gasteiger partial charge in [0.15, 0.2) is 0 Å². The highest BCUT2D eigenvalue weighted by Gasteiger charge is 2.12. The van der Waals surface area contributed by atoms with E-state index in [1.54, 1.807) is 13.0 Å². The molecule has 0 aliphatic rings. The predicted octanol–water partition coefficient (Wildman–Crippen LogP) is 2.68. The minimum Gasteiger partial charge on any atom is -0.480 e. The summed E-state index contributed by atoms with van der Waals surface area (Å²) in [6, 6.07) is 5.04. The second kappa shape index (κ2) is 6.50. The van der Waals surface area contributed by atoms with Crippen LogP contribution in [0.25, 0.3) is 0 Å². The van der Waals surface area contributed by atoms with Gasteiger partial charge in [0.1, 0.15) is 5.82 Å². The van der Waals surface area contributed by atoms with Crippen LogP contribution in [0, 0.1) is 18.7 Å². The molecule has 0 heterocycles. The quantitative estimate of drug-likeness (QED) is 0.847. The van der Waals surface area contributed by atoms with Crippen LogP contribution in [0.1, 0.15) is 25.0 Å². The third-order valence-corrected chi connectivity index (χ3v) is 2.62. The summed E-state index contributed by atoms with van der Waals surface area (Å²) in [5, 5.41) is 8.86. The topological polar surface area (TPSA) is 40.5 Å². The molecule has 100 valence electrons. The number of benzene rings is 1. The average molecular weight is 253 g/mol. The van der Waals surface area contributed by atoms with Gasteiger partial charge in [-0.1, -0.05) is 26.0 Å². The van der Waals surface area contributed by atoms with Gasteiger partial charge in [0.05, 0.1) is 6.54 Å². The fourth-order valence-electron chi connectivity index (χ4n) is 1.89. The maximum Gasteiger partial charge on any atom is 0.317 e. The number of nitrogens with zero attached hydrogens (tertiary/aromatic N) is 1. The molecule has 1 aromatic rings. The van der Waals surface area contributed by atoms with Crippen molar-refractivity contribution in [2.45, 2.75) is 27.3 Å². The number of carboxylic acids is 1. The molecule has 0 aliphatic carbocycles. The van der Waals surface area contributed by atoms with Crippen LogP contribution in [-0.4, -0.2) is 29.1 Å². The zero-order valence-corrected chi connectivity index (χ0v) is 11.1. The molecule has 0 atom stereocenters. The molecule has 0 fully saturated rings. The maximum atomic E-state index is 13.4. The van der Waals surface area contributed by atoms with E-state index in [4.69, 9.17) is 5.11 Å². The van der Waals surface area contributed by atoms with Gasteiger partial charge >= 0.3 is 5.97 Å². The molecular weight excluding hydrogens is 233 g/mol. The van der Waals surface area contributed by atoms with Crippen molar-refractivity contribution in [2.75, 3.05) is 13.1 Å². The Balaban J connectivity index is 2.74. The number of halogens is 1. The van der Waals surface area contributed by atoms with Crippen LogP contribution in [0.2, 0.25) is 0 Å². The highest BCUT2D eigenvalue weighted by Crippen LogP contribution is 2.12. The molecule has 0 unspecified atom stereocenters. The lowest BCUT2D eigenvalue weighted by Crippen LogP contribution is -2.32. The SMILES string of the molecule is Cc1ccc(CN(CC(=O)O)CC(C)C)cc1F. The van der Waals surface area contributed by atoms with E-state index < -0.39 is 5.97 Å². The van der Waals surface area contributed by atoms with Crippen LogP contribution < -0.4 is 0 Å². The van der Waals surface area contributed by atoms with E-state index in [1.165, 1.54) is 6.07 Å². The summed E-state index contributed by atoms with van der Waals surface area (Å²) >= 11 is 0. The number of aliphatic carboxylic acids is 1. The van der Waals surface area contributed by atoms with Gasteiger partial charge in [-0.3, -0.25) is 9.69 Å². The van der Waals surface area contributed by atoms with Crippen molar-refractivity contribution in [3.8, 4) is 0 Å². The van der Waals surface area contributed by atoms with E-state index in [0.29, 0.717) is 24.6 Å². The van der Waals surface area contributed by atoms with E-state index in [-0.39, 0.29) is 12.4 Å². The molecule has 1 rings (SSSR count). The number of carboxylic acid groups (broad SMARTS) is 1. The predicted molar refractivity (Wildman–Crippen MR) is 68.9 cm³/mol. The first-order valence-electron chi connectivity index (χ1n) is 6.07. The summed E-state index contributed by atoms with van der Waals surface area (Å²) in [6.45, 7) is 6.90. The standard InChI is InChI=1S/C14H20FNO2/c1-10(2)7-16(9-14(17)18)8-12-5-4-11(3)13(15)6-12/h4-6,10H,7-9H2,1-3H3,(H,17,18). The highest BCUT2D eigenvalue weighted by atomic mass is 19.1. The average Bonchev–Trinajstić information content (AvgIpc) is 2.21. The van der Waals surface area contributed by atoms with Gasteiger partial charge in [-0.25, -0.2) is 4.39 Å². The number of carbonyl (C=O) groups is 1. The zero-order valence-electron chi connectivity index (χ0n) is 11.1. The third-order valence-electron chi connectivity index (χ3n) is 2.62. The van der Waals surface area contributed by atoms with E-state index in [9.17, 15) is 9.18 Å². The van der Waals surface area contributed by atoms with Gasteiger partial charge < -0.3 is 5.11 Å². The van der Waals surface area contributed by atoms with Gasteiger partial charge in [0.25, 0.3) is 0 Å². The molecule has 0 aliphatic heterocycles. The first-order valence-corrected chi connectivity index (χ1v) is 6.07. The van der Waals surface area contributed by atoms with Crippen molar-refractivity contribution in [1.29, 1.82) is 0 Å². The molecule has 1 N–H and O–H groups in total. The Morgan fingerprint density at radius 2 is 2.11 bits per heavy atom. The molecule has 0 spiro atoms. The van der Waals surface area contributed by atoms with E-state index in [2.05, 4.69) is 0 Å². The maximum absolute atomic E-state index is 13.4. The molecule has 18 heavy (non-hydrogen) atoms. The van der Waals surface area contributed by atoms with E-state index >= 15 is 0 Å². The first-order chi connectivity index (χ1) is 8.38. The van der Waals surface area contributed by atoms with E-state index in [0.717, 1.165) is 5.56 Å². The summed E-state index contributed by atoms with van der Waals surface area (Å²) in [5.41, 5.74) is 1.41. The summed E-state index contributed by atoms with van der Waals surface area (Å²) in [7, 11) is 0. The minimum atomic E-state index is -0.858. The Kier molecular flexibility index (Phi) is 5.28. The molecule has 0 radical (unpaired) electrons. The van der Waals surface area contributed by atoms with Gasteiger partial charge in [0.2, 0.25) is 0 Å². The van der Waals surface area contributed by atoms with Crippen LogP contribution in [0.3, 0.4) is 0 Å². The fraction of sp³-hybridized carbons (Fsp3) is 0.500. The smallest absolute Gasteiger partial charge is 0.317 e. The van der Waals surface area contributed by atoms with Crippen molar-refractivity contribution < 1.29 is 14.3 Å². The molecule has 0 amide bonds. The Bertz CT molecular complexity index is 418. The number of hydrogen-bond donors (Lipinski definition) is 1. The zero-order chi connectivity index (χ0) is 13.7. The fourth-order valence-corrected chi connectivity index (χ4v) is 1.89. The Hall–Kier alpha value is -1.42. The summed E-state index contributed by atoms with van der Waals surface area (Å²) in [6.07, 6.45) is 0. The van der Waals surface area contributed by atoms with Crippen LogP contribution in [0.5, 0.6) is 0 Å². The third kappa shape index (κ3) is 4.84. The Morgan fingerprint density at radius 3 is 2.61 bits per heavy atom. The van der Waals surface area contributed by atoms with Gasteiger partial charge in [0, 0.05) is 13.1 Å². The minimum absolute atomic E-state index is 0.0202. The lowest BCUT2D eigenvalue weighted by Gasteiger charge is -2.22. The Labute approximate surface area is 107 Å². The van der Waals surface area contributed by atoms with Gasteiger partial charge in [-0.05, 0) is 30.0 Å². The monoisotopic (exact) mass is 253 g/mol. The van der Waals surface area contributed by atoms with Crippen LogP contribution in [0.4, 0.5) is 4.39 Å². The Morgan fingerprint density at radius 1 is 1.44 bits per heavy atom. The van der Waals surface area contributed by atoms with Crippen molar-refractivity contribution in [2.24, 2.45) is 5.92 Å². The molecule has 4 heteroatoms. The summed E-state index contributed by atoms with van der Waals surface area (Å²) < 4.78 is 13.4. The van der Waals surface area contributed by atoms with Crippen LogP contribution in [-0.2, 0) is 11.3 Å². The number of aryl methyl sites for hydroxylation is 1. The van der Waals surface area contributed by atoms with Crippen molar-refractivity contribution in [3.05, 3.63) is 35.1 Å². The largest absolute Gasteiger partial charge is 0.480 e. The normalized spacial score (nSPS) is 11.2. The summed E-state index contributed by atoms with van der Waals surface area (Å²) in [4.78, 5) is 12.6. The molecule has 0 aromatic heterocycles. The molecule has 0 bridgehead atoms. The lowest BCUT2D eigenvalue weighted by atomic mass is 10.1. The molecule has 0 saturated carbocycles. The van der Waals surface area contributed by atoms with Crippen LogP contribution >= 0.6 is 0 Å². The second-order valence-electron chi connectivity index (χ2n) is 5.04. The first kappa shape index (κ1) is 14.6. The highest BCUT2D eigenvalue weighted by molar-refractivity contribution is 5.69. The van der Waals surface area contributed by atoms with Crippen LogP contribution in [0.15, 0.2) is 18.2 Å². The van der Waals surface area contributed by atoms with Crippen molar-refractivity contribution in [3.63, 3.8) is 0 Å². The van der Waals surface area contributed by atoms with Gasteiger partial charge in [-0.2, -0.15) is 0 Å². The van der Waals surface area contributed by atoms with Gasteiger partial charge in [-0.15, -0.1) is 0 Å². The lowest BCUT2D eigenvalue weighted by molar-refractivity contribution is -0.138. The number of hydrogen-bond acceptors (Lipinski definition) is 2. The molecule has 0 saturated heterocycles. The second-order valence-corrected chi connectivity index (χ2v) is 5.04. The van der Waals surface area contributed by atoms with Crippen molar-refractivity contribution in [1.82, 2.24) is 4.90 Å². The molecule has 3 nitrogen and oxygen atoms in total. The van der Waals surface area contributed by atoms with Crippen molar-refractivity contribution >= 4 is 5.97 Å². The number of rotatable bonds is 6. The summed E-state index contributed by atoms with van der Waals surface area (Å²) in [5.74, 6) is -0.727.